The molecule has 0 N–H and O–H groups in total. The summed E-state index contributed by atoms with van der Waals surface area (Å²) in [6, 6.07) is 10.1. The molecule has 93 valence electrons. The van der Waals surface area contributed by atoms with E-state index in [9.17, 15) is 0 Å². The van der Waals surface area contributed by atoms with E-state index in [1.807, 2.05) is 30.3 Å². The molecule has 0 bridgehead atoms. The van der Waals surface area contributed by atoms with Gasteiger partial charge < -0.3 is 4.90 Å². The van der Waals surface area contributed by atoms with Crippen molar-refractivity contribution in [2.75, 3.05) is 31.1 Å². The number of rotatable bonds is 2. The van der Waals surface area contributed by atoms with E-state index in [-0.39, 0.29) is 0 Å². The second kappa shape index (κ2) is 5.46. The standard InChI is InChI=1S/C13H15N4S/c1-2-5-11(6-3-1)12-15-13(18-16-12)17-9-4-7-14-8-10-17/h1-3,5-6H,4,7-10H2. The average Bonchev–Trinajstić information content (AvgIpc) is 2.76. The smallest absolute Gasteiger partial charge is 0.205 e. The molecule has 2 aromatic rings. The maximum atomic E-state index is 4.64. The van der Waals surface area contributed by atoms with Gasteiger partial charge in [0.05, 0.1) is 0 Å². The highest BCUT2D eigenvalue weighted by Crippen LogP contribution is 2.24. The van der Waals surface area contributed by atoms with Gasteiger partial charge >= 0.3 is 0 Å². The number of benzene rings is 1. The lowest BCUT2D eigenvalue weighted by Crippen LogP contribution is -2.26. The second-order valence-electron chi connectivity index (χ2n) is 4.28. The highest BCUT2D eigenvalue weighted by molar-refractivity contribution is 7.09. The van der Waals surface area contributed by atoms with Gasteiger partial charge in [-0.05, 0) is 6.42 Å². The van der Waals surface area contributed by atoms with Crippen LogP contribution in [0, 0.1) is 0 Å². The van der Waals surface area contributed by atoms with E-state index in [4.69, 9.17) is 0 Å². The number of hydrogen-bond donors (Lipinski definition) is 0. The molecule has 0 amide bonds. The van der Waals surface area contributed by atoms with Crippen molar-refractivity contribution in [1.82, 2.24) is 14.7 Å². The molecule has 4 nitrogen and oxygen atoms in total. The number of nitrogens with zero attached hydrogens (tertiary/aromatic N) is 4. The van der Waals surface area contributed by atoms with Crippen LogP contribution in [0.4, 0.5) is 5.13 Å². The summed E-state index contributed by atoms with van der Waals surface area (Å²) in [5, 5.41) is 5.45. The molecule has 1 aliphatic rings. The molecule has 18 heavy (non-hydrogen) atoms. The van der Waals surface area contributed by atoms with Gasteiger partial charge in [-0.1, -0.05) is 30.3 Å². The minimum absolute atomic E-state index is 0.830. The molecule has 5 heteroatoms. The van der Waals surface area contributed by atoms with E-state index >= 15 is 0 Å². The summed E-state index contributed by atoms with van der Waals surface area (Å²) in [4.78, 5) is 6.93. The molecule has 1 saturated heterocycles. The first-order valence-electron chi connectivity index (χ1n) is 6.21. The lowest BCUT2D eigenvalue weighted by molar-refractivity contribution is 0.709. The monoisotopic (exact) mass is 259 g/mol. The van der Waals surface area contributed by atoms with Crippen molar-refractivity contribution in [3.8, 4) is 11.4 Å². The van der Waals surface area contributed by atoms with Crippen molar-refractivity contribution in [2.24, 2.45) is 0 Å². The van der Waals surface area contributed by atoms with Crippen LogP contribution in [0.2, 0.25) is 0 Å². The number of anilines is 1. The summed E-state index contributed by atoms with van der Waals surface area (Å²) in [6.45, 7) is 3.87. The third kappa shape index (κ3) is 2.52. The fourth-order valence-corrected chi connectivity index (χ4v) is 2.77. The fraction of sp³-hybridized carbons (Fsp3) is 0.385. The van der Waals surface area contributed by atoms with Crippen LogP contribution in [0.1, 0.15) is 6.42 Å². The molecule has 0 aliphatic carbocycles. The van der Waals surface area contributed by atoms with E-state index in [2.05, 4.69) is 19.6 Å². The predicted octanol–water partition coefficient (Wildman–Crippen LogP) is 2.02. The van der Waals surface area contributed by atoms with Crippen LogP contribution in [-0.2, 0) is 0 Å². The Morgan fingerprint density at radius 2 is 1.94 bits per heavy atom. The minimum atomic E-state index is 0.830. The maximum absolute atomic E-state index is 4.64. The Morgan fingerprint density at radius 1 is 1.06 bits per heavy atom. The molecule has 0 atom stereocenters. The van der Waals surface area contributed by atoms with Crippen LogP contribution in [-0.4, -0.2) is 35.5 Å². The van der Waals surface area contributed by atoms with Gasteiger partial charge in [0, 0.05) is 43.3 Å². The summed E-state index contributed by atoms with van der Waals surface area (Å²) < 4.78 is 4.45. The van der Waals surface area contributed by atoms with Gasteiger partial charge in [0.15, 0.2) is 5.82 Å². The Labute approximate surface area is 111 Å². The Hall–Kier alpha value is -1.46. The Balaban J connectivity index is 1.80. The first kappa shape index (κ1) is 11.6. The van der Waals surface area contributed by atoms with Crippen molar-refractivity contribution in [3.63, 3.8) is 0 Å². The predicted molar refractivity (Wildman–Crippen MR) is 74.0 cm³/mol. The van der Waals surface area contributed by atoms with E-state index in [0.29, 0.717) is 0 Å². The number of aromatic nitrogens is 2. The van der Waals surface area contributed by atoms with Gasteiger partial charge in [0.25, 0.3) is 0 Å². The fourth-order valence-electron chi connectivity index (χ4n) is 2.03. The summed E-state index contributed by atoms with van der Waals surface area (Å²) in [5.74, 6) is 0.830. The van der Waals surface area contributed by atoms with Crippen LogP contribution in [0.15, 0.2) is 30.3 Å². The highest BCUT2D eigenvalue weighted by Gasteiger charge is 2.15. The minimum Gasteiger partial charge on any atom is -0.345 e. The lowest BCUT2D eigenvalue weighted by Gasteiger charge is -2.17. The first-order valence-corrected chi connectivity index (χ1v) is 6.98. The normalized spacial score (nSPS) is 16.6. The SMILES string of the molecule is c1ccc(-c2nsc(N3CCC[N]CC3)n2)cc1. The van der Waals surface area contributed by atoms with Gasteiger partial charge in [-0.3, -0.25) is 0 Å². The molecule has 3 rings (SSSR count). The van der Waals surface area contributed by atoms with Crippen LogP contribution in [0.25, 0.3) is 11.4 Å². The van der Waals surface area contributed by atoms with Crippen LogP contribution in [0.5, 0.6) is 0 Å². The van der Waals surface area contributed by atoms with Gasteiger partial charge in [0.2, 0.25) is 5.13 Å². The molecule has 1 aliphatic heterocycles. The zero-order valence-electron chi connectivity index (χ0n) is 10.1. The molecule has 1 aromatic heterocycles. The molecular weight excluding hydrogens is 244 g/mol. The van der Waals surface area contributed by atoms with Crippen LogP contribution < -0.4 is 10.2 Å². The summed E-state index contributed by atoms with van der Waals surface area (Å²) in [5.41, 5.74) is 1.08. The van der Waals surface area contributed by atoms with Crippen molar-refractivity contribution in [2.45, 2.75) is 6.42 Å². The van der Waals surface area contributed by atoms with E-state index in [1.165, 1.54) is 11.5 Å². The molecule has 1 aromatic carbocycles. The quantitative estimate of drug-likeness (QED) is 0.828. The topological polar surface area (TPSA) is 43.1 Å². The summed E-state index contributed by atoms with van der Waals surface area (Å²) in [6.07, 6.45) is 1.11. The zero-order valence-corrected chi connectivity index (χ0v) is 10.9. The van der Waals surface area contributed by atoms with Gasteiger partial charge in [-0.15, -0.1) is 0 Å². The van der Waals surface area contributed by atoms with Gasteiger partial charge in [-0.2, -0.15) is 9.36 Å². The summed E-state index contributed by atoms with van der Waals surface area (Å²) >= 11 is 1.48. The zero-order chi connectivity index (χ0) is 12.2. The first-order chi connectivity index (χ1) is 8.93. The van der Waals surface area contributed by atoms with Crippen LogP contribution in [0.3, 0.4) is 0 Å². The highest BCUT2D eigenvalue weighted by atomic mass is 32.1. The van der Waals surface area contributed by atoms with Crippen molar-refractivity contribution in [3.05, 3.63) is 30.3 Å². The Bertz CT molecular complexity index is 489. The molecule has 0 saturated carbocycles. The van der Waals surface area contributed by atoms with Crippen molar-refractivity contribution < 1.29 is 0 Å². The van der Waals surface area contributed by atoms with Crippen molar-refractivity contribution in [1.29, 1.82) is 0 Å². The van der Waals surface area contributed by atoms with E-state index in [1.54, 1.807) is 0 Å². The molecule has 0 unspecified atom stereocenters. The third-order valence-corrected chi connectivity index (χ3v) is 3.77. The molecule has 1 radical (unpaired) electrons. The van der Waals surface area contributed by atoms with Crippen molar-refractivity contribution >= 4 is 16.7 Å². The van der Waals surface area contributed by atoms with Crippen LogP contribution >= 0.6 is 11.5 Å². The number of hydrogen-bond acceptors (Lipinski definition) is 4. The average molecular weight is 259 g/mol. The van der Waals surface area contributed by atoms with E-state index < -0.39 is 0 Å². The maximum Gasteiger partial charge on any atom is 0.205 e. The summed E-state index contributed by atoms with van der Waals surface area (Å²) in [7, 11) is 0. The third-order valence-electron chi connectivity index (χ3n) is 2.99. The largest absolute Gasteiger partial charge is 0.345 e. The van der Waals surface area contributed by atoms with E-state index in [0.717, 1.165) is 49.1 Å². The molecular formula is C13H15N4S. The van der Waals surface area contributed by atoms with Gasteiger partial charge in [-0.25, -0.2) is 5.32 Å². The Morgan fingerprint density at radius 3 is 2.83 bits per heavy atom. The molecule has 0 spiro atoms. The van der Waals surface area contributed by atoms with Gasteiger partial charge in [0.1, 0.15) is 0 Å². The molecule has 2 heterocycles. The molecule has 1 fully saturated rings. The lowest BCUT2D eigenvalue weighted by atomic mass is 10.2. The Kier molecular flexibility index (Phi) is 3.52. The second-order valence-corrected chi connectivity index (χ2v) is 5.01.